The summed E-state index contributed by atoms with van der Waals surface area (Å²) in [4.78, 5) is 2.57. The van der Waals surface area contributed by atoms with E-state index in [0.29, 0.717) is 5.41 Å². The Morgan fingerprint density at radius 1 is 0.571 bits per heavy atom. The second-order valence-electron chi connectivity index (χ2n) is 19.2. The minimum Gasteiger partial charge on any atom is -0.453 e. The summed E-state index contributed by atoms with van der Waals surface area (Å²) in [5.74, 6) is 3.66. The first-order chi connectivity index (χ1) is 27.7. The van der Waals surface area contributed by atoms with E-state index in [1.165, 1.54) is 156 Å². The van der Waals surface area contributed by atoms with E-state index in [-0.39, 0.29) is 12.3 Å². The van der Waals surface area contributed by atoms with Crippen molar-refractivity contribution in [1.29, 1.82) is 0 Å². The quantitative estimate of drug-likeness (QED) is 0.165. The second kappa shape index (κ2) is 10.9. The van der Waals surface area contributed by atoms with Gasteiger partial charge in [-0.3, -0.25) is 0 Å². The van der Waals surface area contributed by atoms with E-state index in [9.17, 15) is 0 Å². The Bertz CT molecular complexity index is 2850. The zero-order valence-corrected chi connectivity index (χ0v) is 32.2. The van der Waals surface area contributed by atoms with Gasteiger partial charge in [0.05, 0.1) is 17.1 Å². The predicted molar refractivity (Wildman–Crippen MR) is 233 cm³/mol. The molecule has 0 saturated heterocycles. The Labute approximate surface area is 329 Å². The molecule has 4 aliphatic carbocycles. The lowest BCUT2D eigenvalue weighted by Gasteiger charge is -2.46. The maximum absolute atomic E-state index is 6.79. The molecule has 56 heavy (non-hydrogen) atoms. The van der Waals surface area contributed by atoms with Gasteiger partial charge in [0.2, 0.25) is 0 Å². The van der Waals surface area contributed by atoms with Crippen molar-refractivity contribution >= 4 is 67.4 Å². The molecule has 1 aromatic heterocycles. The molecule has 4 fully saturated rings. The summed E-state index contributed by atoms with van der Waals surface area (Å²) >= 11 is 0. The van der Waals surface area contributed by atoms with Gasteiger partial charge in [0.1, 0.15) is 0 Å². The van der Waals surface area contributed by atoms with Crippen LogP contribution >= 0.6 is 0 Å². The first-order valence-electron chi connectivity index (χ1n) is 22.1. The number of anilines is 3. The molecule has 0 unspecified atom stereocenters. The average molecular weight is 727 g/mol. The minimum atomic E-state index is 0.0349. The summed E-state index contributed by atoms with van der Waals surface area (Å²) in [5.41, 5.74) is 16.0. The fourth-order valence-electron chi connectivity index (χ4n) is 14.3. The van der Waals surface area contributed by atoms with Crippen LogP contribution in [0.3, 0.4) is 0 Å². The second-order valence-corrected chi connectivity index (χ2v) is 19.2. The summed E-state index contributed by atoms with van der Waals surface area (Å²) in [6.45, 7) is 0.0349. The number of aromatic nitrogens is 1. The summed E-state index contributed by atoms with van der Waals surface area (Å²) in [6.07, 6.45) is 19.4. The smallest absolute Gasteiger partial charge is 0.333 e. The SMILES string of the molecule is c1ccc2c(c1)Oc1cccc3c1N2c1c2c(cc4ccccc14)-c1cc(C45CCCC(CCC4)C5)cc4c5cc(C67CCCC(CCC6)C7)ccc5n(c14)B32. The molecule has 4 saturated carbocycles. The van der Waals surface area contributed by atoms with Crippen molar-refractivity contribution in [3.8, 4) is 22.6 Å². The molecular weight excluding hydrogens is 679 g/mol. The van der Waals surface area contributed by atoms with E-state index in [1.807, 2.05) is 0 Å². The number of nitrogens with zero attached hydrogens (tertiary/aromatic N) is 2. The van der Waals surface area contributed by atoms with E-state index in [4.69, 9.17) is 4.74 Å². The van der Waals surface area contributed by atoms with Gasteiger partial charge in [-0.25, -0.2) is 0 Å². The van der Waals surface area contributed by atoms with Gasteiger partial charge < -0.3 is 14.1 Å². The number of hydrogen-bond acceptors (Lipinski definition) is 2. The van der Waals surface area contributed by atoms with Crippen molar-refractivity contribution in [3.05, 3.63) is 114 Å². The van der Waals surface area contributed by atoms with Gasteiger partial charge in [0.15, 0.2) is 11.5 Å². The Balaban J connectivity index is 1.13. The number of hydrogen-bond donors (Lipinski definition) is 0. The fourth-order valence-corrected chi connectivity index (χ4v) is 14.3. The van der Waals surface area contributed by atoms with Crippen molar-refractivity contribution < 1.29 is 4.74 Å². The zero-order chi connectivity index (χ0) is 36.3. The monoisotopic (exact) mass is 726 g/mol. The molecule has 0 spiro atoms. The first kappa shape index (κ1) is 31.2. The van der Waals surface area contributed by atoms with Gasteiger partial charge >= 0.3 is 6.85 Å². The molecule has 4 heteroatoms. The summed E-state index contributed by atoms with van der Waals surface area (Å²) in [5, 5.41) is 5.60. The Hall–Kier alpha value is -4.96. The van der Waals surface area contributed by atoms with Crippen LogP contribution in [0.2, 0.25) is 0 Å². The summed E-state index contributed by atoms with van der Waals surface area (Å²) in [7, 11) is 0. The van der Waals surface area contributed by atoms with Crippen LogP contribution < -0.4 is 20.6 Å². The number of rotatable bonds is 2. The number of fused-ring (bicyclic) bond motifs is 15. The van der Waals surface area contributed by atoms with Crippen molar-refractivity contribution in [2.45, 2.75) is 101 Å². The van der Waals surface area contributed by atoms with E-state index < -0.39 is 0 Å². The van der Waals surface area contributed by atoms with Crippen LogP contribution in [0.15, 0.2) is 103 Å². The topological polar surface area (TPSA) is 17.4 Å². The van der Waals surface area contributed by atoms with Crippen LogP contribution in [0.1, 0.15) is 101 Å². The van der Waals surface area contributed by atoms with Crippen LogP contribution in [0.4, 0.5) is 17.1 Å². The molecule has 4 bridgehead atoms. The number of benzene rings is 6. The van der Waals surface area contributed by atoms with Gasteiger partial charge in [-0.15, -0.1) is 0 Å². The number of para-hydroxylation sites is 3. The van der Waals surface area contributed by atoms with Gasteiger partial charge in [0.25, 0.3) is 0 Å². The molecule has 4 heterocycles. The standard InChI is InChI=1S/C52H47BN2O/c1-2-15-37-34(14-1)26-39-41-29-36(52-24-8-12-33(31-52)13-9-25-52)28-40-38-27-35(51-22-6-10-32(30-51)11-7-23-51)20-21-43(38)55(48(40)41)53-42-16-5-19-46-50(42)54(49(37)47(39)53)44-17-3-4-18-45(44)56-46/h1-5,14-21,26-29,32-33H,6-13,22-25,30-31H2. The zero-order valence-electron chi connectivity index (χ0n) is 32.2. The molecule has 7 aliphatic rings. The van der Waals surface area contributed by atoms with Crippen molar-refractivity contribution in [3.63, 3.8) is 0 Å². The minimum absolute atomic E-state index is 0.0349. The average Bonchev–Trinajstić information content (AvgIpc) is 3.56. The summed E-state index contributed by atoms with van der Waals surface area (Å²) < 4.78 is 9.59. The lowest BCUT2D eigenvalue weighted by atomic mass is 9.44. The first-order valence-corrected chi connectivity index (χ1v) is 22.1. The fraction of sp³-hybridized carbons (Fsp3) is 0.346. The van der Waals surface area contributed by atoms with Gasteiger partial charge in [0, 0.05) is 32.8 Å². The molecule has 7 aromatic rings. The Kier molecular flexibility index (Phi) is 6.07. The third-order valence-corrected chi connectivity index (χ3v) is 16.5. The molecule has 0 amide bonds. The van der Waals surface area contributed by atoms with Crippen LogP contribution in [0, 0.1) is 11.8 Å². The van der Waals surface area contributed by atoms with E-state index >= 15 is 0 Å². The third kappa shape index (κ3) is 3.92. The highest BCUT2D eigenvalue weighted by atomic mass is 16.5. The maximum atomic E-state index is 6.79. The highest BCUT2D eigenvalue weighted by Crippen LogP contribution is 2.58. The van der Waals surface area contributed by atoms with Crippen LogP contribution in [-0.2, 0) is 10.8 Å². The number of ether oxygens (including phenoxy) is 1. The van der Waals surface area contributed by atoms with Crippen LogP contribution in [0.25, 0.3) is 43.7 Å². The van der Waals surface area contributed by atoms with Crippen molar-refractivity contribution in [2.75, 3.05) is 4.90 Å². The molecule has 0 atom stereocenters. The molecule has 0 radical (unpaired) electrons. The predicted octanol–water partition coefficient (Wildman–Crippen LogP) is 12.7. The van der Waals surface area contributed by atoms with Crippen molar-refractivity contribution in [2.24, 2.45) is 11.8 Å². The van der Waals surface area contributed by atoms with Gasteiger partial charge in [-0.1, -0.05) is 106 Å². The highest BCUT2D eigenvalue weighted by molar-refractivity contribution is 6.90. The van der Waals surface area contributed by atoms with E-state index in [2.05, 4.69) is 113 Å². The van der Waals surface area contributed by atoms with Crippen molar-refractivity contribution in [1.82, 2.24) is 4.48 Å². The largest absolute Gasteiger partial charge is 0.453 e. The Morgan fingerprint density at radius 2 is 1.27 bits per heavy atom. The lowest BCUT2D eigenvalue weighted by Crippen LogP contribution is -2.57. The molecule has 6 aromatic carbocycles. The maximum Gasteiger partial charge on any atom is 0.333 e. The normalized spacial score (nSPS) is 26.5. The molecule has 3 nitrogen and oxygen atoms in total. The van der Waals surface area contributed by atoms with Crippen LogP contribution in [-0.4, -0.2) is 11.3 Å². The van der Waals surface area contributed by atoms with Gasteiger partial charge in [-0.05, 0) is 143 Å². The molecule has 14 rings (SSSR count). The highest BCUT2D eigenvalue weighted by Gasteiger charge is 2.48. The summed E-state index contributed by atoms with van der Waals surface area (Å²) in [6, 6.07) is 40.5. The van der Waals surface area contributed by atoms with E-state index in [1.54, 1.807) is 11.1 Å². The van der Waals surface area contributed by atoms with Gasteiger partial charge in [-0.2, -0.15) is 0 Å². The molecule has 274 valence electrons. The molecular formula is C52H47BN2O. The van der Waals surface area contributed by atoms with E-state index in [0.717, 1.165) is 29.0 Å². The lowest BCUT2D eigenvalue weighted by molar-refractivity contribution is 0.149. The molecule has 3 aliphatic heterocycles. The Morgan fingerprint density at radius 3 is 2.07 bits per heavy atom. The third-order valence-electron chi connectivity index (χ3n) is 16.5. The molecule has 0 N–H and O–H groups in total. The van der Waals surface area contributed by atoms with Crippen LogP contribution in [0.5, 0.6) is 11.5 Å².